The summed E-state index contributed by atoms with van der Waals surface area (Å²) in [4.78, 5) is 23.8. The Bertz CT molecular complexity index is 825. The smallest absolute Gasteiger partial charge is 0.331 e. The standard InChI is InChI=1S/C22H23NO4/c1-26-19-10-6-5-7-17(19)11-12-21(25)27-15-20(24)23-16-22(13-14-22)18-8-3-2-4-9-18/h2-12H,13-16H2,1H3,(H,23,24)/b12-11+. The Hall–Kier alpha value is -3.08. The second-order valence-corrected chi connectivity index (χ2v) is 6.61. The summed E-state index contributed by atoms with van der Waals surface area (Å²) < 4.78 is 10.2. The molecule has 0 aliphatic heterocycles. The molecule has 0 saturated heterocycles. The first kappa shape index (κ1) is 18.7. The van der Waals surface area contributed by atoms with E-state index < -0.39 is 5.97 Å². The number of rotatable bonds is 8. The highest BCUT2D eigenvalue weighted by Crippen LogP contribution is 2.47. The number of amides is 1. The second kappa shape index (κ2) is 8.54. The first-order chi connectivity index (χ1) is 13.1. The van der Waals surface area contributed by atoms with Crippen LogP contribution in [0.15, 0.2) is 60.7 Å². The van der Waals surface area contributed by atoms with Crippen molar-refractivity contribution in [2.24, 2.45) is 0 Å². The van der Waals surface area contributed by atoms with E-state index in [2.05, 4.69) is 17.4 Å². The average Bonchev–Trinajstić information content (AvgIpc) is 3.51. The molecule has 0 aromatic heterocycles. The summed E-state index contributed by atoms with van der Waals surface area (Å²) in [5.74, 6) is -0.202. The molecule has 1 N–H and O–H groups in total. The molecule has 1 aliphatic rings. The molecule has 1 saturated carbocycles. The predicted molar refractivity (Wildman–Crippen MR) is 103 cm³/mol. The van der Waals surface area contributed by atoms with Gasteiger partial charge in [0.25, 0.3) is 5.91 Å². The lowest BCUT2D eigenvalue weighted by Crippen LogP contribution is -2.35. The van der Waals surface area contributed by atoms with Crippen LogP contribution in [0.3, 0.4) is 0 Å². The molecule has 0 spiro atoms. The van der Waals surface area contributed by atoms with Gasteiger partial charge in [0, 0.05) is 23.6 Å². The van der Waals surface area contributed by atoms with E-state index in [-0.39, 0.29) is 17.9 Å². The number of hydrogen-bond acceptors (Lipinski definition) is 4. The highest BCUT2D eigenvalue weighted by molar-refractivity contribution is 5.89. The molecule has 27 heavy (non-hydrogen) atoms. The lowest BCUT2D eigenvalue weighted by molar-refractivity contribution is -0.143. The quantitative estimate of drug-likeness (QED) is 0.577. The summed E-state index contributed by atoms with van der Waals surface area (Å²) in [7, 11) is 1.57. The van der Waals surface area contributed by atoms with Gasteiger partial charge >= 0.3 is 5.97 Å². The Morgan fingerprint density at radius 2 is 1.78 bits per heavy atom. The average molecular weight is 365 g/mol. The lowest BCUT2D eigenvalue weighted by atomic mass is 9.96. The number of carbonyl (C=O) groups excluding carboxylic acids is 2. The van der Waals surface area contributed by atoms with Crippen LogP contribution in [0.2, 0.25) is 0 Å². The van der Waals surface area contributed by atoms with Gasteiger partial charge in [0.15, 0.2) is 6.61 Å². The molecule has 1 amide bonds. The van der Waals surface area contributed by atoms with Crippen molar-refractivity contribution in [2.45, 2.75) is 18.3 Å². The Morgan fingerprint density at radius 3 is 2.48 bits per heavy atom. The zero-order chi connectivity index (χ0) is 19.1. The van der Waals surface area contributed by atoms with Crippen LogP contribution in [-0.4, -0.2) is 32.1 Å². The number of nitrogens with one attached hydrogen (secondary N) is 1. The van der Waals surface area contributed by atoms with Crippen molar-refractivity contribution >= 4 is 18.0 Å². The Kier molecular flexibility index (Phi) is 5.91. The van der Waals surface area contributed by atoms with Crippen molar-refractivity contribution in [3.63, 3.8) is 0 Å². The van der Waals surface area contributed by atoms with Crippen molar-refractivity contribution in [3.05, 3.63) is 71.8 Å². The number of para-hydroxylation sites is 1. The number of carbonyl (C=O) groups is 2. The number of ether oxygens (including phenoxy) is 2. The first-order valence-electron chi connectivity index (χ1n) is 8.93. The summed E-state index contributed by atoms with van der Waals surface area (Å²) in [6.45, 7) is 0.268. The van der Waals surface area contributed by atoms with E-state index in [4.69, 9.17) is 9.47 Å². The van der Waals surface area contributed by atoms with Crippen molar-refractivity contribution in [1.82, 2.24) is 5.32 Å². The highest BCUT2D eigenvalue weighted by Gasteiger charge is 2.44. The van der Waals surface area contributed by atoms with Gasteiger partial charge in [-0.25, -0.2) is 4.79 Å². The molecular formula is C22H23NO4. The summed E-state index contributed by atoms with van der Waals surface area (Å²) in [5.41, 5.74) is 2.03. The molecule has 0 unspecified atom stereocenters. The van der Waals surface area contributed by atoms with Crippen LogP contribution in [0.1, 0.15) is 24.0 Å². The minimum Gasteiger partial charge on any atom is -0.496 e. The molecule has 3 rings (SSSR count). The molecule has 140 valence electrons. The number of benzene rings is 2. The van der Waals surface area contributed by atoms with Gasteiger partial charge in [0.05, 0.1) is 7.11 Å². The molecule has 0 radical (unpaired) electrons. The lowest BCUT2D eigenvalue weighted by Gasteiger charge is -2.16. The van der Waals surface area contributed by atoms with E-state index >= 15 is 0 Å². The van der Waals surface area contributed by atoms with Gasteiger partial charge in [-0.3, -0.25) is 4.79 Å². The van der Waals surface area contributed by atoms with E-state index in [9.17, 15) is 9.59 Å². The fraction of sp³-hybridized carbons (Fsp3) is 0.273. The molecular weight excluding hydrogens is 342 g/mol. The van der Waals surface area contributed by atoms with Crippen LogP contribution in [-0.2, 0) is 19.7 Å². The van der Waals surface area contributed by atoms with E-state index in [0.717, 1.165) is 18.4 Å². The second-order valence-electron chi connectivity index (χ2n) is 6.61. The van der Waals surface area contributed by atoms with Crippen molar-refractivity contribution in [2.75, 3.05) is 20.3 Å². The molecule has 0 atom stereocenters. The molecule has 2 aromatic rings. The van der Waals surface area contributed by atoms with Crippen LogP contribution in [0.4, 0.5) is 0 Å². The fourth-order valence-electron chi connectivity index (χ4n) is 2.98. The maximum Gasteiger partial charge on any atom is 0.331 e. The van der Waals surface area contributed by atoms with Crippen LogP contribution in [0.25, 0.3) is 6.08 Å². The SMILES string of the molecule is COc1ccccc1/C=C/C(=O)OCC(=O)NCC1(c2ccccc2)CC1. The zero-order valence-corrected chi connectivity index (χ0v) is 15.3. The summed E-state index contributed by atoms with van der Waals surface area (Å²) >= 11 is 0. The third kappa shape index (κ3) is 4.97. The zero-order valence-electron chi connectivity index (χ0n) is 15.3. The van der Waals surface area contributed by atoms with E-state index in [1.165, 1.54) is 11.6 Å². The fourth-order valence-corrected chi connectivity index (χ4v) is 2.98. The van der Waals surface area contributed by atoms with Crippen LogP contribution in [0.5, 0.6) is 5.75 Å². The Labute approximate surface area is 159 Å². The number of hydrogen-bond donors (Lipinski definition) is 1. The number of methoxy groups -OCH3 is 1. The molecule has 5 heteroatoms. The van der Waals surface area contributed by atoms with Gasteiger partial charge < -0.3 is 14.8 Å². The molecule has 5 nitrogen and oxygen atoms in total. The van der Waals surface area contributed by atoms with Gasteiger partial charge in [0.1, 0.15) is 5.75 Å². The van der Waals surface area contributed by atoms with Gasteiger partial charge in [-0.1, -0.05) is 48.5 Å². The molecule has 0 bridgehead atoms. The third-order valence-electron chi connectivity index (χ3n) is 4.75. The van der Waals surface area contributed by atoms with Crippen LogP contribution < -0.4 is 10.1 Å². The maximum atomic E-state index is 12.0. The summed E-state index contributed by atoms with van der Waals surface area (Å²) in [6, 6.07) is 17.5. The maximum absolute atomic E-state index is 12.0. The third-order valence-corrected chi connectivity index (χ3v) is 4.75. The van der Waals surface area contributed by atoms with Gasteiger partial charge in [-0.15, -0.1) is 0 Å². The summed E-state index contributed by atoms with van der Waals surface area (Å²) in [6.07, 6.45) is 5.00. The minimum atomic E-state index is -0.569. The van der Waals surface area contributed by atoms with Gasteiger partial charge in [0.2, 0.25) is 0 Å². The minimum absolute atomic E-state index is 0.0324. The van der Waals surface area contributed by atoms with E-state index in [1.807, 2.05) is 36.4 Å². The Balaban J connectivity index is 1.44. The van der Waals surface area contributed by atoms with Gasteiger partial charge in [-0.2, -0.15) is 0 Å². The normalized spacial score (nSPS) is 14.6. The van der Waals surface area contributed by atoms with Crippen molar-refractivity contribution in [3.8, 4) is 5.75 Å². The molecule has 0 heterocycles. The van der Waals surface area contributed by atoms with Crippen molar-refractivity contribution in [1.29, 1.82) is 0 Å². The number of esters is 1. The van der Waals surface area contributed by atoms with Crippen LogP contribution >= 0.6 is 0 Å². The first-order valence-corrected chi connectivity index (χ1v) is 8.93. The van der Waals surface area contributed by atoms with Crippen LogP contribution in [0, 0.1) is 0 Å². The van der Waals surface area contributed by atoms with Crippen molar-refractivity contribution < 1.29 is 19.1 Å². The largest absolute Gasteiger partial charge is 0.496 e. The molecule has 1 fully saturated rings. The van der Waals surface area contributed by atoms with E-state index in [0.29, 0.717) is 12.3 Å². The highest BCUT2D eigenvalue weighted by atomic mass is 16.5. The Morgan fingerprint density at radius 1 is 1.07 bits per heavy atom. The van der Waals surface area contributed by atoms with Gasteiger partial charge in [-0.05, 0) is 30.5 Å². The van der Waals surface area contributed by atoms with E-state index in [1.54, 1.807) is 19.3 Å². The summed E-state index contributed by atoms with van der Waals surface area (Å²) in [5, 5.41) is 2.87. The topological polar surface area (TPSA) is 64.6 Å². The molecule has 1 aliphatic carbocycles. The monoisotopic (exact) mass is 365 g/mol. The predicted octanol–water partition coefficient (Wildman–Crippen LogP) is 3.10. The molecule has 2 aromatic carbocycles.